The lowest BCUT2D eigenvalue weighted by atomic mass is 9.83. The molecule has 0 fully saturated rings. The highest BCUT2D eigenvalue weighted by molar-refractivity contribution is 7.86. The Balaban J connectivity index is 0. The van der Waals surface area contributed by atoms with Crippen LogP contribution in [-0.4, -0.2) is 107 Å². The van der Waals surface area contributed by atoms with Crippen molar-refractivity contribution in [2.75, 3.05) is 0 Å². The number of rotatable bonds is 15. The summed E-state index contributed by atoms with van der Waals surface area (Å²) >= 11 is 0. The normalized spacial score (nSPS) is 17.1. The van der Waals surface area contributed by atoms with Crippen LogP contribution in [-0.2, 0) is 10.1 Å². The summed E-state index contributed by atoms with van der Waals surface area (Å²) in [4.78, 5) is 0. The summed E-state index contributed by atoms with van der Waals surface area (Å²) in [6.45, 7) is 0. The molecule has 54 heavy (non-hydrogen) atoms. The minimum atomic E-state index is -10.3. The maximum atomic E-state index is 13.8. The molecule has 328 valence electrons. The van der Waals surface area contributed by atoms with E-state index in [0.29, 0.717) is 0 Å². The summed E-state index contributed by atoms with van der Waals surface area (Å²) in [5.41, 5.74) is 0. The molecule has 0 spiro atoms. The minimum absolute atomic E-state index is 0. The second kappa shape index (κ2) is 12.5. The van der Waals surface area contributed by atoms with Gasteiger partial charge in [0.05, 0.1) is 0 Å². The Labute approximate surface area is 269 Å². The molecule has 0 radical (unpaired) electrons. The van der Waals surface area contributed by atoms with Gasteiger partial charge in [0.2, 0.25) is 0 Å². The Morgan fingerprint density at radius 2 is 0.352 bits per heavy atom. The van der Waals surface area contributed by atoms with Crippen molar-refractivity contribution < 1.29 is 158 Å². The zero-order valence-corrected chi connectivity index (χ0v) is 23.9. The van der Waals surface area contributed by atoms with E-state index < -0.39 is 104 Å². The highest BCUT2D eigenvalue weighted by Crippen LogP contribution is 2.70. The fraction of sp³-hybridized carbons (Fsp3) is 1.00. The molecule has 0 rings (SSSR count). The van der Waals surface area contributed by atoms with Crippen LogP contribution in [0.2, 0.25) is 0 Å². The Bertz CT molecular complexity index is 1490. The Hall–Kier alpha value is -2.44. The summed E-state index contributed by atoms with van der Waals surface area (Å²) in [5, 5.41) is -8.54. The SMILES string of the molecule is O=S(=O)([O-])C(F)(F)C(F)(F)C(F)(F)C(F)(F)C(F)(F)C(F)(F)C(F)(F)C(F)(F)C(F)(F)C(F)(F)C(F)(F)C(F)(F)C(F)(F)C(F)(F)C(F)(F)C(F)(F)F.[NH4+]. The van der Waals surface area contributed by atoms with Crippen LogP contribution in [0.15, 0.2) is 0 Å². The monoisotopic (exact) mass is 917 g/mol. The molecule has 0 saturated heterocycles. The molecule has 0 aromatic rings. The first-order chi connectivity index (χ1) is 22.0. The van der Waals surface area contributed by atoms with Gasteiger partial charge in [0.1, 0.15) is 0 Å². The van der Waals surface area contributed by atoms with Crippen molar-refractivity contribution in [3.8, 4) is 0 Å². The Morgan fingerprint density at radius 3 is 0.463 bits per heavy atom. The molecule has 4 nitrogen and oxygen atoms in total. The van der Waals surface area contributed by atoms with Gasteiger partial charge in [0.25, 0.3) is 0 Å². The number of hydrogen-bond acceptors (Lipinski definition) is 3. The van der Waals surface area contributed by atoms with E-state index in [-0.39, 0.29) is 6.15 Å². The molecule has 0 saturated carbocycles. The summed E-state index contributed by atoms with van der Waals surface area (Å²) in [6, 6.07) is 0. The van der Waals surface area contributed by atoms with E-state index >= 15 is 0 Å². The van der Waals surface area contributed by atoms with Crippen molar-refractivity contribution in [2.24, 2.45) is 0 Å². The summed E-state index contributed by atoms with van der Waals surface area (Å²) in [6.07, 6.45) is -8.42. The summed E-state index contributed by atoms with van der Waals surface area (Å²) < 4.78 is 470. The fourth-order valence-electron chi connectivity index (χ4n) is 2.88. The molecule has 4 N–H and O–H groups in total. The lowest BCUT2D eigenvalue weighted by Crippen LogP contribution is -2.80. The quantitative estimate of drug-likeness (QED) is 0.131. The van der Waals surface area contributed by atoms with Gasteiger partial charge in [-0.1, -0.05) is 0 Å². The molecule has 38 heteroatoms. The third-order valence-corrected chi connectivity index (χ3v) is 7.05. The van der Waals surface area contributed by atoms with E-state index in [4.69, 9.17) is 0 Å². The van der Waals surface area contributed by atoms with Crippen molar-refractivity contribution in [3.05, 3.63) is 0 Å². The molecule has 0 unspecified atom stereocenters. The van der Waals surface area contributed by atoms with Crippen molar-refractivity contribution in [3.63, 3.8) is 0 Å². The first-order valence-electron chi connectivity index (χ1n) is 10.7. The first kappa shape index (κ1) is 53.7. The molecular weight excluding hydrogens is 913 g/mol. The van der Waals surface area contributed by atoms with E-state index in [1.807, 2.05) is 0 Å². The standard InChI is InChI=1S/C16HF33O3S.H3N/c17-1(18,3(21,22)5(25,26)7(29,30)9(33,34)11(37,38)13(41,42)15(45,46)47)2(19,20)4(23,24)6(27,28)8(31,32)10(35,36)12(39,40)14(43,44)16(48,49)53(50,51)52;/h(H,50,51,52);1H3. The maximum absolute atomic E-state index is 13.8. The Morgan fingerprint density at radius 1 is 0.241 bits per heavy atom. The van der Waals surface area contributed by atoms with E-state index in [9.17, 15) is 158 Å². The smallest absolute Gasteiger partial charge is 0.460 e. The van der Waals surface area contributed by atoms with E-state index in [1.54, 1.807) is 0 Å². The minimum Gasteiger partial charge on any atom is -0.743 e. The van der Waals surface area contributed by atoms with Crippen LogP contribution in [0.1, 0.15) is 0 Å². The van der Waals surface area contributed by atoms with E-state index in [1.165, 1.54) is 0 Å². The predicted molar refractivity (Wildman–Crippen MR) is 95.9 cm³/mol. The van der Waals surface area contributed by atoms with Gasteiger partial charge in [-0.15, -0.1) is 0 Å². The molecule has 0 heterocycles. The van der Waals surface area contributed by atoms with Crippen molar-refractivity contribution >= 4 is 10.1 Å². The van der Waals surface area contributed by atoms with Gasteiger partial charge in [-0.25, -0.2) is 8.42 Å². The zero-order valence-electron chi connectivity index (χ0n) is 23.1. The Kier molecular flexibility index (Phi) is 12.5. The largest absolute Gasteiger partial charge is 0.743 e. The van der Waals surface area contributed by atoms with Crippen molar-refractivity contribution in [2.45, 2.75) is 94.3 Å². The molecular formula is C16H4F33NO3S. The highest BCUT2D eigenvalue weighted by atomic mass is 32.2. The van der Waals surface area contributed by atoms with Crippen LogP contribution in [0.25, 0.3) is 0 Å². The molecule has 0 aromatic carbocycles. The predicted octanol–water partition coefficient (Wildman–Crippen LogP) is 9.96. The number of quaternary nitrogens is 1. The molecule has 0 aliphatic carbocycles. The molecule has 0 aliphatic rings. The summed E-state index contributed by atoms with van der Waals surface area (Å²) in [7, 11) is -8.69. The van der Waals surface area contributed by atoms with Crippen LogP contribution in [0.5, 0.6) is 0 Å². The molecule has 0 aliphatic heterocycles. The molecule has 0 bridgehead atoms. The third-order valence-electron chi connectivity index (χ3n) is 6.16. The summed E-state index contributed by atoms with van der Waals surface area (Å²) in [5.74, 6) is -138. The maximum Gasteiger partial charge on any atom is 0.460 e. The molecule has 0 aromatic heterocycles. The number of alkyl halides is 33. The molecule has 0 atom stereocenters. The van der Waals surface area contributed by atoms with Gasteiger partial charge < -0.3 is 10.7 Å². The highest BCUT2D eigenvalue weighted by Gasteiger charge is 3.02. The first-order valence-corrected chi connectivity index (χ1v) is 12.1. The van der Waals surface area contributed by atoms with Crippen molar-refractivity contribution in [1.29, 1.82) is 0 Å². The fourth-order valence-corrected chi connectivity index (χ4v) is 3.33. The van der Waals surface area contributed by atoms with E-state index in [2.05, 4.69) is 0 Å². The van der Waals surface area contributed by atoms with Gasteiger partial charge in [0.15, 0.2) is 10.1 Å². The van der Waals surface area contributed by atoms with Crippen LogP contribution >= 0.6 is 0 Å². The second-order valence-corrected chi connectivity index (χ2v) is 10.9. The van der Waals surface area contributed by atoms with Gasteiger partial charge in [-0.3, -0.25) is 0 Å². The van der Waals surface area contributed by atoms with Gasteiger partial charge in [0, 0.05) is 0 Å². The number of halogens is 33. The average molecular weight is 917 g/mol. The average Bonchev–Trinajstić information content (AvgIpc) is 2.89. The van der Waals surface area contributed by atoms with Crippen LogP contribution in [0.4, 0.5) is 145 Å². The van der Waals surface area contributed by atoms with Crippen LogP contribution < -0.4 is 6.15 Å². The number of hydrogen-bond donors (Lipinski definition) is 1. The van der Waals surface area contributed by atoms with Gasteiger partial charge >= 0.3 is 94.3 Å². The second-order valence-electron chi connectivity index (χ2n) is 9.51. The van der Waals surface area contributed by atoms with Gasteiger partial charge in [-0.05, 0) is 0 Å². The topological polar surface area (TPSA) is 93.7 Å². The lowest BCUT2D eigenvalue weighted by Gasteiger charge is -2.46. The van der Waals surface area contributed by atoms with Crippen LogP contribution in [0.3, 0.4) is 0 Å². The lowest BCUT2D eigenvalue weighted by molar-refractivity contribution is -0.490. The zero-order chi connectivity index (χ0) is 44.5. The third kappa shape index (κ3) is 5.83. The van der Waals surface area contributed by atoms with Crippen LogP contribution in [0, 0.1) is 0 Å². The van der Waals surface area contributed by atoms with E-state index in [0.717, 1.165) is 0 Å². The molecule has 0 amide bonds. The van der Waals surface area contributed by atoms with Gasteiger partial charge in [-0.2, -0.15) is 145 Å². The van der Waals surface area contributed by atoms with Crippen molar-refractivity contribution in [1.82, 2.24) is 6.15 Å².